The van der Waals surface area contributed by atoms with Crippen molar-refractivity contribution in [2.45, 2.75) is 4.34 Å². The Hall–Kier alpha value is -2.93. The number of thiazole rings is 1. The molecule has 0 atom stereocenters. The van der Waals surface area contributed by atoms with Gasteiger partial charge in [0.25, 0.3) is 5.69 Å². The summed E-state index contributed by atoms with van der Waals surface area (Å²) in [6.45, 7) is 0. The molecule has 0 aliphatic heterocycles. The predicted molar refractivity (Wildman–Crippen MR) is 118 cm³/mol. The number of nitro groups is 1. The SMILES string of the molecule is N#C/C(=C\c1ccc(-c2ccc(Br)cc2[N+](=O)[O-])o1)Sc1nc2ccccc2s1. The van der Waals surface area contributed by atoms with Gasteiger partial charge in [-0.05, 0) is 48.2 Å². The van der Waals surface area contributed by atoms with Crippen molar-refractivity contribution in [3.8, 4) is 17.4 Å². The molecule has 2 aromatic heterocycles. The number of aromatic nitrogens is 1. The lowest BCUT2D eigenvalue weighted by molar-refractivity contribution is -0.384. The van der Waals surface area contributed by atoms with E-state index in [1.54, 1.807) is 30.3 Å². The number of nitro benzene ring substituents is 1. The number of furan rings is 1. The molecule has 142 valence electrons. The number of fused-ring (bicyclic) bond motifs is 1. The Bertz CT molecular complexity index is 1270. The van der Waals surface area contributed by atoms with Gasteiger partial charge in [-0.2, -0.15) is 5.26 Å². The molecule has 0 N–H and O–H groups in total. The minimum Gasteiger partial charge on any atom is -0.456 e. The van der Waals surface area contributed by atoms with Gasteiger partial charge in [0.1, 0.15) is 17.6 Å². The zero-order valence-corrected chi connectivity index (χ0v) is 17.8. The van der Waals surface area contributed by atoms with Gasteiger partial charge in [0.2, 0.25) is 0 Å². The minimum atomic E-state index is -0.457. The molecule has 0 amide bonds. The molecule has 0 spiro atoms. The quantitative estimate of drug-likeness (QED) is 0.133. The highest BCUT2D eigenvalue weighted by Crippen LogP contribution is 2.36. The normalized spacial score (nSPS) is 11.5. The van der Waals surface area contributed by atoms with E-state index in [0.717, 1.165) is 14.6 Å². The average Bonchev–Trinajstić information content (AvgIpc) is 3.33. The largest absolute Gasteiger partial charge is 0.456 e. The highest BCUT2D eigenvalue weighted by molar-refractivity contribution is 9.10. The summed E-state index contributed by atoms with van der Waals surface area (Å²) in [6, 6.07) is 18.0. The Morgan fingerprint density at radius 1 is 1.28 bits per heavy atom. The van der Waals surface area contributed by atoms with Crippen LogP contribution in [0.2, 0.25) is 0 Å². The molecule has 0 radical (unpaired) electrons. The molecule has 4 rings (SSSR count). The topological polar surface area (TPSA) is 93.0 Å². The first-order valence-electron chi connectivity index (χ1n) is 8.23. The number of halogens is 1. The first kappa shape index (κ1) is 19.4. The number of nitriles is 1. The summed E-state index contributed by atoms with van der Waals surface area (Å²) in [5, 5.41) is 20.8. The molecular weight excluding hydrogens is 474 g/mol. The van der Waals surface area contributed by atoms with Crippen molar-refractivity contribution in [3.63, 3.8) is 0 Å². The monoisotopic (exact) mass is 483 g/mol. The van der Waals surface area contributed by atoms with Crippen molar-refractivity contribution >= 4 is 61.0 Å². The lowest BCUT2D eigenvalue weighted by Gasteiger charge is -2.00. The molecule has 0 aliphatic rings. The summed E-state index contributed by atoms with van der Waals surface area (Å²) >= 11 is 6.01. The Morgan fingerprint density at radius 3 is 2.86 bits per heavy atom. The maximum absolute atomic E-state index is 11.3. The van der Waals surface area contributed by atoms with Crippen molar-refractivity contribution in [1.82, 2.24) is 4.98 Å². The summed E-state index contributed by atoms with van der Waals surface area (Å²) < 4.78 is 8.17. The highest BCUT2D eigenvalue weighted by Gasteiger charge is 2.18. The van der Waals surface area contributed by atoms with E-state index in [1.165, 1.54) is 29.2 Å². The molecule has 2 heterocycles. The van der Waals surface area contributed by atoms with Crippen LogP contribution in [0, 0.1) is 21.4 Å². The highest BCUT2D eigenvalue weighted by atomic mass is 79.9. The molecular formula is C20H10BrN3O3S2. The molecule has 0 saturated heterocycles. The standard InChI is InChI=1S/C20H10BrN3O3S2/c21-12-5-7-15(17(9-12)24(25)26)18-8-6-13(27-18)10-14(11-22)28-20-23-16-3-1-2-4-19(16)29-20/h1-10H/b14-10+. The zero-order chi connectivity index (χ0) is 20.4. The Labute approximate surface area is 181 Å². The van der Waals surface area contributed by atoms with E-state index in [1.807, 2.05) is 24.3 Å². The summed E-state index contributed by atoms with van der Waals surface area (Å²) in [4.78, 5) is 15.8. The van der Waals surface area contributed by atoms with Crippen LogP contribution < -0.4 is 0 Å². The molecule has 0 aliphatic carbocycles. The van der Waals surface area contributed by atoms with Crippen molar-refractivity contribution in [2.24, 2.45) is 0 Å². The number of thioether (sulfide) groups is 1. The van der Waals surface area contributed by atoms with E-state index in [4.69, 9.17) is 4.42 Å². The Balaban J connectivity index is 1.62. The number of hydrogen-bond acceptors (Lipinski definition) is 7. The summed E-state index contributed by atoms with van der Waals surface area (Å²) in [7, 11) is 0. The van der Waals surface area contributed by atoms with E-state index in [-0.39, 0.29) is 5.69 Å². The van der Waals surface area contributed by atoms with Crippen LogP contribution in [-0.2, 0) is 0 Å². The van der Waals surface area contributed by atoms with Gasteiger partial charge in [-0.25, -0.2) is 4.98 Å². The third-order valence-electron chi connectivity index (χ3n) is 3.90. The average molecular weight is 484 g/mol. The van der Waals surface area contributed by atoms with E-state index < -0.39 is 4.92 Å². The molecule has 2 aromatic carbocycles. The van der Waals surface area contributed by atoms with Crippen LogP contribution in [0.1, 0.15) is 5.76 Å². The summed E-state index contributed by atoms with van der Waals surface area (Å²) in [6.07, 6.45) is 1.60. The fraction of sp³-hybridized carbons (Fsp3) is 0. The van der Waals surface area contributed by atoms with Crippen LogP contribution in [0.3, 0.4) is 0 Å². The Kier molecular flexibility index (Phi) is 5.49. The van der Waals surface area contributed by atoms with E-state index in [2.05, 4.69) is 27.0 Å². The smallest absolute Gasteiger partial charge is 0.281 e. The second-order valence-corrected chi connectivity index (χ2v) is 9.03. The lowest BCUT2D eigenvalue weighted by Crippen LogP contribution is -1.91. The Morgan fingerprint density at radius 2 is 2.10 bits per heavy atom. The van der Waals surface area contributed by atoms with Gasteiger partial charge >= 0.3 is 0 Å². The predicted octanol–water partition coefficient (Wildman–Crippen LogP) is 6.88. The van der Waals surface area contributed by atoms with E-state index in [9.17, 15) is 15.4 Å². The zero-order valence-electron chi connectivity index (χ0n) is 14.5. The fourth-order valence-electron chi connectivity index (χ4n) is 2.64. The van der Waals surface area contributed by atoms with Gasteiger partial charge in [-0.3, -0.25) is 10.1 Å². The van der Waals surface area contributed by atoms with Crippen LogP contribution in [0.5, 0.6) is 0 Å². The molecule has 29 heavy (non-hydrogen) atoms. The van der Waals surface area contributed by atoms with Crippen LogP contribution in [0.15, 0.2) is 72.7 Å². The number of allylic oxidation sites excluding steroid dienone is 1. The molecule has 0 bridgehead atoms. The van der Waals surface area contributed by atoms with Crippen LogP contribution in [-0.4, -0.2) is 9.91 Å². The number of benzene rings is 2. The van der Waals surface area contributed by atoms with Crippen LogP contribution >= 0.6 is 39.0 Å². The van der Waals surface area contributed by atoms with E-state index in [0.29, 0.717) is 26.5 Å². The minimum absolute atomic E-state index is 0.0615. The molecule has 4 aromatic rings. The third kappa shape index (κ3) is 4.24. The maximum atomic E-state index is 11.3. The van der Waals surface area contributed by atoms with Gasteiger partial charge in [0.05, 0.1) is 25.6 Å². The maximum Gasteiger partial charge on any atom is 0.281 e. The molecule has 9 heteroatoms. The molecule has 0 unspecified atom stereocenters. The summed E-state index contributed by atoms with van der Waals surface area (Å²) in [5.41, 5.74) is 1.20. The van der Waals surface area contributed by atoms with Crippen LogP contribution in [0.4, 0.5) is 5.69 Å². The first-order valence-corrected chi connectivity index (χ1v) is 10.7. The molecule has 6 nitrogen and oxygen atoms in total. The summed E-state index contributed by atoms with van der Waals surface area (Å²) in [5.74, 6) is 0.792. The van der Waals surface area contributed by atoms with Crippen molar-refractivity contribution in [2.75, 3.05) is 0 Å². The van der Waals surface area contributed by atoms with Crippen molar-refractivity contribution in [1.29, 1.82) is 5.26 Å². The van der Waals surface area contributed by atoms with Crippen molar-refractivity contribution < 1.29 is 9.34 Å². The lowest BCUT2D eigenvalue weighted by atomic mass is 10.1. The van der Waals surface area contributed by atoms with Gasteiger partial charge in [0, 0.05) is 16.6 Å². The third-order valence-corrected chi connectivity index (χ3v) is 6.42. The number of para-hydroxylation sites is 1. The number of hydrogen-bond donors (Lipinski definition) is 0. The molecule has 0 fully saturated rings. The van der Waals surface area contributed by atoms with E-state index >= 15 is 0 Å². The van der Waals surface area contributed by atoms with Gasteiger partial charge in [-0.15, -0.1) is 11.3 Å². The fourth-order valence-corrected chi connectivity index (χ4v) is 4.95. The van der Waals surface area contributed by atoms with Gasteiger partial charge < -0.3 is 4.42 Å². The second-order valence-electron chi connectivity index (χ2n) is 5.79. The van der Waals surface area contributed by atoms with Crippen LogP contribution in [0.25, 0.3) is 27.6 Å². The number of rotatable bonds is 5. The second kappa shape index (κ2) is 8.21. The molecule has 0 saturated carbocycles. The van der Waals surface area contributed by atoms with Gasteiger partial charge in [0.15, 0.2) is 4.34 Å². The number of nitrogens with zero attached hydrogens (tertiary/aromatic N) is 3. The van der Waals surface area contributed by atoms with Gasteiger partial charge in [-0.1, -0.05) is 28.1 Å². The van der Waals surface area contributed by atoms with Crippen molar-refractivity contribution in [3.05, 3.63) is 79.8 Å². The first-order chi connectivity index (χ1) is 14.0.